The lowest BCUT2D eigenvalue weighted by molar-refractivity contribution is -0.145. The van der Waals surface area contributed by atoms with Crippen LogP contribution in [0.25, 0.3) is 0 Å². The minimum absolute atomic E-state index is 0.101. The maximum Gasteiger partial charge on any atom is 0.326 e. The summed E-state index contributed by atoms with van der Waals surface area (Å²) in [6.07, 6.45) is 1.54. The van der Waals surface area contributed by atoms with E-state index in [0.29, 0.717) is 17.8 Å². The number of hydrogen-bond acceptors (Lipinski definition) is 2. The number of piperidine rings is 1. The number of amides is 2. The normalized spacial score (nSPS) is 22.0. The fourth-order valence-electron chi connectivity index (χ4n) is 2.72. The van der Waals surface area contributed by atoms with Gasteiger partial charge in [0.1, 0.15) is 11.9 Å². The molecule has 21 heavy (non-hydrogen) atoms. The smallest absolute Gasteiger partial charge is 0.326 e. The molecular formula is C15H19FN2O3. The average molecular weight is 294 g/mol. The van der Waals surface area contributed by atoms with Gasteiger partial charge in [-0.3, -0.25) is 0 Å². The molecular weight excluding hydrogens is 275 g/mol. The van der Waals surface area contributed by atoms with Crippen LogP contribution in [0, 0.1) is 18.7 Å². The Labute approximate surface area is 122 Å². The van der Waals surface area contributed by atoms with Gasteiger partial charge in [-0.15, -0.1) is 0 Å². The van der Waals surface area contributed by atoms with Crippen molar-refractivity contribution >= 4 is 17.7 Å². The number of nitrogens with zero attached hydrogens (tertiary/aromatic N) is 1. The topological polar surface area (TPSA) is 69.6 Å². The number of carboxylic acid groups (broad SMARTS) is 1. The van der Waals surface area contributed by atoms with E-state index in [2.05, 4.69) is 5.32 Å². The molecule has 0 saturated carbocycles. The van der Waals surface area contributed by atoms with Gasteiger partial charge < -0.3 is 15.3 Å². The van der Waals surface area contributed by atoms with Gasteiger partial charge in [0.15, 0.2) is 0 Å². The summed E-state index contributed by atoms with van der Waals surface area (Å²) >= 11 is 0. The van der Waals surface area contributed by atoms with Crippen LogP contribution < -0.4 is 5.32 Å². The Morgan fingerprint density at radius 1 is 1.43 bits per heavy atom. The van der Waals surface area contributed by atoms with Crippen LogP contribution >= 0.6 is 0 Å². The van der Waals surface area contributed by atoms with E-state index in [9.17, 15) is 19.1 Å². The molecule has 0 bridgehead atoms. The number of nitrogens with one attached hydrogen (secondary N) is 1. The summed E-state index contributed by atoms with van der Waals surface area (Å²) in [5.74, 6) is -1.52. The van der Waals surface area contributed by atoms with Gasteiger partial charge in [-0.05, 0) is 37.8 Å². The van der Waals surface area contributed by atoms with E-state index in [-0.39, 0.29) is 5.92 Å². The lowest BCUT2D eigenvalue weighted by Gasteiger charge is -2.37. The molecule has 1 saturated heterocycles. The molecule has 2 atom stereocenters. The second kappa shape index (κ2) is 6.11. The Bertz CT molecular complexity index is 562. The minimum Gasteiger partial charge on any atom is -0.480 e. The molecule has 0 aliphatic carbocycles. The van der Waals surface area contributed by atoms with Gasteiger partial charge in [0.05, 0.1) is 0 Å². The van der Waals surface area contributed by atoms with Gasteiger partial charge >= 0.3 is 12.0 Å². The maximum atomic E-state index is 13.5. The first-order valence-electron chi connectivity index (χ1n) is 6.97. The number of carbonyl (C=O) groups is 2. The third-order valence-corrected chi connectivity index (χ3v) is 3.96. The van der Waals surface area contributed by atoms with Gasteiger partial charge in [-0.25, -0.2) is 14.0 Å². The van der Waals surface area contributed by atoms with Crippen molar-refractivity contribution < 1.29 is 19.1 Å². The van der Waals surface area contributed by atoms with E-state index < -0.39 is 23.9 Å². The first-order chi connectivity index (χ1) is 9.91. The van der Waals surface area contributed by atoms with Gasteiger partial charge in [0, 0.05) is 17.8 Å². The Balaban J connectivity index is 2.18. The lowest BCUT2D eigenvalue weighted by atomic mass is 9.91. The molecule has 114 valence electrons. The van der Waals surface area contributed by atoms with Crippen LogP contribution in [0.4, 0.5) is 14.9 Å². The zero-order valence-corrected chi connectivity index (χ0v) is 12.1. The highest BCUT2D eigenvalue weighted by atomic mass is 19.1. The van der Waals surface area contributed by atoms with Gasteiger partial charge in [0.2, 0.25) is 0 Å². The zero-order valence-electron chi connectivity index (χ0n) is 12.1. The predicted molar refractivity (Wildman–Crippen MR) is 76.7 cm³/mol. The monoisotopic (exact) mass is 294 g/mol. The summed E-state index contributed by atoms with van der Waals surface area (Å²) in [6, 6.07) is 3.08. The molecule has 2 N–H and O–H groups in total. The number of aliphatic carboxylic acids is 1. The fraction of sp³-hybridized carbons (Fsp3) is 0.467. The van der Waals surface area contributed by atoms with Crippen molar-refractivity contribution in [2.45, 2.75) is 32.7 Å². The van der Waals surface area contributed by atoms with Crippen molar-refractivity contribution in [2.24, 2.45) is 5.92 Å². The maximum absolute atomic E-state index is 13.5. The number of rotatable bonds is 2. The second-order valence-electron chi connectivity index (χ2n) is 5.44. The first kappa shape index (κ1) is 15.3. The molecule has 0 spiro atoms. The molecule has 0 aromatic heterocycles. The van der Waals surface area contributed by atoms with Crippen LogP contribution in [0.1, 0.15) is 25.3 Å². The van der Waals surface area contributed by atoms with Gasteiger partial charge in [0.25, 0.3) is 0 Å². The Kier molecular flexibility index (Phi) is 4.45. The van der Waals surface area contributed by atoms with E-state index in [1.54, 1.807) is 13.0 Å². The Hall–Kier alpha value is -2.11. The fourth-order valence-corrected chi connectivity index (χ4v) is 2.72. The number of carbonyl (C=O) groups excluding carboxylic acids is 1. The molecule has 1 heterocycles. The van der Waals surface area contributed by atoms with E-state index >= 15 is 0 Å². The summed E-state index contributed by atoms with van der Waals surface area (Å²) < 4.78 is 13.5. The summed E-state index contributed by atoms with van der Waals surface area (Å²) in [7, 11) is 0. The van der Waals surface area contributed by atoms with E-state index in [1.165, 1.54) is 17.0 Å². The van der Waals surface area contributed by atoms with Gasteiger partial charge in [-0.2, -0.15) is 0 Å². The standard InChI is InChI=1S/C15H19FN2O3/c1-9-5-4-8-18(13(9)14(19)20)15(21)17-12-7-3-6-11(16)10(12)2/h3,6-7,9,13H,4-5,8H2,1-2H3,(H,17,21)(H,19,20). The third kappa shape index (κ3) is 3.15. The van der Waals surface area contributed by atoms with E-state index in [1.807, 2.05) is 6.92 Å². The van der Waals surface area contributed by atoms with Crippen LogP contribution in [-0.4, -0.2) is 34.6 Å². The number of hydrogen-bond donors (Lipinski definition) is 2. The van der Waals surface area contributed by atoms with Crippen LogP contribution in [0.15, 0.2) is 18.2 Å². The van der Waals surface area contributed by atoms with Crippen molar-refractivity contribution in [3.63, 3.8) is 0 Å². The van der Waals surface area contributed by atoms with Crippen molar-refractivity contribution in [1.82, 2.24) is 4.90 Å². The summed E-state index contributed by atoms with van der Waals surface area (Å²) in [6.45, 7) is 3.78. The highest BCUT2D eigenvalue weighted by Crippen LogP contribution is 2.25. The van der Waals surface area contributed by atoms with Crippen molar-refractivity contribution in [1.29, 1.82) is 0 Å². The molecule has 5 nitrogen and oxygen atoms in total. The molecule has 2 rings (SSSR count). The number of halogens is 1. The molecule has 6 heteroatoms. The van der Waals surface area contributed by atoms with Crippen LogP contribution in [0.5, 0.6) is 0 Å². The largest absolute Gasteiger partial charge is 0.480 e. The first-order valence-corrected chi connectivity index (χ1v) is 6.97. The molecule has 2 amide bonds. The number of likely N-dealkylation sites (tertiary alicyclic amines) is 1. The van der Waals surface area contributed by atoms with Crippen LogP contribution in [0.3, 0.4) is 0 Å². The average Bonchev–Trinajstić information content (AvgIpc) is 2.43. The molecule has 1 aliphatic heterocycles. The Morgan fingerprint density at radius 2 is 2.14 bits per heavy atom. The number of urea groups is 1. The lowest BCUT2D eigenvalue weighted by Crippen LogP contribution is -2.53. The minimum atomic E-state index is -1.01. The molecule has 1 aromatic rings. The predicted octanol–water partition coefficient (Wildman–Crippen LogP) is 2.85. The summed E-state index contributed by atoms with van der Waals surface area (Å²) in [4.78, 5) is 25.0. The van der Waals surface area contributed by atoms with Crippen molar-refractivity contribution in [2.75, 3.05) is 11.9 Å². The number of benzene rings is 1. The summed E-state index contributed by atoms with van der Waals surface area (Å²) in [5, 5.41) is 11.9. The highest BCUT2D eigenvalue weighted by Gasteiger charge is 2.37. The highest BCUT2D eigenvalue weighted by molar-refractivity contribution is 5.93. The molecule has 0 radical (unpaired) electrons. The SMILES string of the molecule is Cc1c(F)cccc1NC(=O)N1CCCC(C)C1C(=O)O. The molecule has 2 unspecified atom stereocenters. The second-order valence-corrected chi connectivity index (χ2v) is 5.44. The van der Waals surface area contributed by atoms with Crippen LogP contribution in [0.2, 0.25) is 0 Å². The Morgan fingerprint density at radius 3 is 2.81 bits per heavy atom. The summed E-state index contributed by atoms with van der Waals surface area (Å²) in [5.41, 5.74) is 0.699. The quantitative estimate of drug-likeness (QED) is 0.881. The molecule has 1 fully saturated rings. The van der Waals surface area contributed by atoms with E-state index in [4.69, 9.17) is 0 Å². The zero-order chi connectivity index (χ0) is 15.6. The van der Waals surface area contributed by atoms with Crippen molar-refractivity contribution in [3.05, 3.63) is 29.6 Å². The van der Waals surface area contributed by atoms with E-state index in [0.717, 1.165) is 12.8 Å². The van der Waals surface area contributed by atoms with Gasteiger partial charge in [-0.1, -0.05) is 13.0 Å². The van der Waals surface area contributed by atoms with Crippen molar-refractivity contribution in [3.8, 4) is 0 Å². The third-order valence-electron chi connectivity index (χ3n) is 3.96. The number of anilines is 1. The molecule has 1 aliphatic rings. The molecule has 1 aromatic carbocycles. The number of carboxylic acids is 1. The van der Waals surface area contributed by atoms with Crippen LogP contribution in [-0.2, 0) is 4.79 Å².